The number of amides is 2. The molecule has 0 aromatic heterocycles. The number of hydrogen-bond acceptors (Lipinski definition) is 2. The highest BCUT2D eigenvalue weighted by atomic mass is 16.4. The number of carbonyl (C=O) groups excluding carboxylic acids is 1. The zero-order valence-electron chi connectivity index (χ0n) is 12.0. The number of rotatable bonds is 6. The van der Waals surface area contributed by atoms with Gasteiger partial charge in [0.2, 0.25) is 0 Å². The number of nitrogens with zero attached hydrogens (tertiary/aromatic N) is 1. The zero-order valence-corrected chi connectivity index (χ0v) is 12.0. The standard InChI is InChI=1S/C14H26N2O3/c1-11-8-12(2)10-16(9-11)14(19)15-7-5-3-4-6-13(17)18/h11-12H,3-10H2,1-2H3,(H,15,19)(H,17,18)/t11-,12-/m0/s1. The minimum Gasteiger partial charge on any atom is -0.481 e. The molecule has 110 valence electrons. The van der Waals surface area contributed by atoms with E-state index in [1.165, 1.54) is 6.42 Å². The highest BCUT2D eigenvalue weighted by Crippen LogP contribution is 2.20. The molecule has 0 bridgehead atoms. The summed E-state index contributed by atoms with van der Waals surface area (Å²) < 4.78 is 0. The molecule has 0 aliphatic carbocycles. The fraction of sp³-hybridized carbons (Fsp3) is 0.857. The second-order valence-electron chi connectivity index (χ2n) is 5.79. The Morgan fingerprint density at radius 2 is 1.79 bits per heavy atom. The van der Waals surface area contributed by atoms with Gasteiger partial charge in [-0.25, -0.2) is 4.79 Å². The third-order valence-electron chi connectivity index (χ3n) is 3.50. The predicted molar refractivity (Wildman–Crippen MR) is 74.0 cm³/mol. The summed E-state index contributed by atoms with van der Waals surface area (Å²) in [7, 11) is 0. The van der Waals surface area contributed by atoms with Crippen molar-refractivity contribution in [3.8, 4) is 0 Å². The summed E-state index contributed by atoms with van der Waals surface area (Å²) in [5.41, 5.74) is 0. The van der Waals surface area contributed by atoms with Crippen molar-refractivity contribution in [2.24, 2.45) is 11.8 Å². The van der Waals surface area contributed by atoms with Crippen LogP contribution in [0.2, 0.25) is 0 Å². The Labute approximate surface area is 115 Å². The first kappa shape index (κ1) is 15.8. The lowest BCUT2D eigenvalue weighted by Gasteiger charge is -2.34. The molecule has 0 aromatic rings. The van der Waals surface area contributed by atoms with Crippen LogP contribution in [0.15, 0.2) is 0 Å². The molecule has 0 aromatic carbocycles. The molecule has 5 heteroatoms. The molecule has 1 aliphatic rings. The second kappa shape index (κ2) is 8.02. The van der Waals surface area contributed by atoms with Crippen LogP contribution in [-0.4, -0.2) is 41.6 Å². The fourth-order valence-corrected chi connectivity index (χ4v) is 2.71. The molecule has 0 spiro atoms. The number of likely N-dealkylation sites (tertiary alicyclic amines) is 1. The Morgan fingerprint density at radius 1 is 1.16 bits per heavy atom. The number of nitrogens with one attached hydrogen (secondary N) is 1. The lowest BCUT2D eigenvalue weighted by Crippen LogP contribution is -2.47. The van der Waals surface area contributed by atoms with E-state index in [-0.39, 0.29) is 12.5 Å². The summed E-state index contributed by atoms with van der Waals surface area (Å²) in [6, 6.07) is 0.0247. The lowest BCUT2D eigenvalue weighted by molar-refractivity contribution is -0.137. The van der Waals surface area contributed by atoms with Crippen LogP contribution < -0.4 is 5.32 Å². The molecule has 1 aliphatic heterocycles. The maximum Gasteiger partial charge on any atom is 0.317 e. The highest BCUT2D eigenvalue weighted by molar-refractivity contribution is 5.74. The molecular weight excluding hydrogens is 244 g/mol. The van der Waals surface area contributed by atoms with Gasteiger partial charge in [0.05, 0.1) is 0 Å². The molecule has 0 saturated carbocycles. The summed E-state index contributed by atoms with van der Waals surface area (Å²) in [5.74, 6) is 0.399. The van der Waals surface area contributed by atoms with Crippen molar-refractivity contribution in [1.29, 1.82) is 0 Å². The van der Waals surface area contributed by atoms with Crippen LogP contribution in [0.25, 0.3) is 0 Å². The zero-order chi connectivity index (χ0) is 14.3. The van der Waals surface area contributed by atoms with Gasteiger partial charge < -0.3 is 15.3 Å². The largest absolute Gasteiger partial charge is 0.481 e. The van der Waals surface area contributed by atoms with Crippen molar-refractivity contribution < 1.29 is 14.7 Å². The van der Waals surface area contributed by atoms with Crippen LogP contribution >= 0.6 is 0 Å². The quantitative estimate of drug-likeness (QED) is 0.728. The van der Waals surface area contributed by atoms with Gasteiger partial charge in [0, 0.05) is 26.1 Å². The number of aliphatic carboxylic acids is 1. The first-order valence-corrected chi connectivity index (χ1v) is 7.23. The van der Waals surface area contributed by atoms with Crippen LogP contribution in [0.3, 0.4) is 0 Å². The molecule has 2 amide bonds. The van der Waals surface area contributed by atoms with Gasteiger partial charge in [-0.05, 0) is 31.1 Å². The van der Waals surface area contributed by atoms with E-state index in [1.54, 1.807) is 0 Å². The van der Waals surface area contributed by atoms with E-state index < -0.39 is 5.97 Å². The maximum atomic E-state index is 12.0. The molecule has 0 radical (unpaired) electrons. The Bertz CT molecular complexity index is 297. The monoisotopic (exact) mass is 270 g/mol. The van der Waals surface area contributed by atoms with E-state index in [0.29, 0.717) is 24.8 Å². The molecule has 1 saturated heterocycles. The molecule has 1 fully saturated rings. The molecule has 0 unspecified atom stereocenters. The smallest absolute Gasteiger partial charge is 0.317 e. The van der Waals surface area contributed by atoms with Gasteiger partial charge >= 0.3 is 12.0 Å². The van der Waals surface area contributed by atoms with Gasteiger partial charge in [-0.1, -0.05) is 20.3 Å². The minimum absolute atomic E-state index is 0.0247. The lowest BCUT2D eigenvalue weighted by atomic mass is 9.92. The van der Waals surface area contributed by atoms with Gasteiger partial charge in [0.15, 0.2) is 0 Å². The van der Waals surface area contributed by atoms with E-state index in [1.807, 2.05) is 4.90 Å². The van der Waals surface area contributed by atoms with Crippen molar-refractivity contribution in [2.75, 3.05) is 19.6 Å². The Kier molecular flexibility index (Phi) is 6.67. The predicted octanol–water partition coefficient (Wildman–Crippen LogP) is 2.32. The molecule has 5 nitrogen and oxygen atoms in total. The maximum absolute atomic E-state index is 12.0. The fourth-order valence-electron chi connectivity index (χ4n) is 2.71. The first-order chi connectivity index (χ1) is 8.99. The molecule has 1 heterocycles. The van der Waals surface area contributed by atoms with E-state index in [0.717, 1.165) is 25.9 Å². The summed E-state index contributed by atoms with van der Waals surface area (Å²) in [4.78, 5) is 24.2. The Hall–Kier alpha value is -1.26. The van der Waals surface area contributed by atoms with Crippen molar-refractivity contribution in [2.45, 2.75) is 46.0 Å². The van der Waals surface area contributed by atoms with Gasteiger partial charge in [-0.2, -0.15) is 0 Å². The van der Waals surface area contributed by atoms with Crippen LogP contribution in [0.5, 0.6) is 0 Å². The number of carboxylic acid groups (broad SMARTS) is 1. The molecule has 2 N–H and O–H groups in total. The average Bonchev–Trinajstić information content (AvgIpc) is 2.31. The van der Waals surface area contributed by atoms with Crippen molar-refractivity contribution in [1.82, 2.24) is 10.2 Å². The number of carboxylic acids is 1. The van der Waals surface area contributed by atoms with Gasteiger partial charge in [-0.3, -0.25) is 4.79 Å². The van der Waals surface area contributed by atoms with Crippen LogP contribution in [0, 0.1) is 11.8 Å². The van der Waals surface area contributed by atoms with Gasteiger partial charge in [0.25, 0.3) is 0 Å². The average molecular weight is 270 g/mol. The summed E-state index contributed by atoms with van der Waals surface area (Å²) in [6.07, 6.45) is 3.79. The minimum atomic E-state index is -0.750. The second-order valence-corrected chi connectivity index (χ2v) is 5.79. The van der Waals surface area contributed by atoms with E-state index in [9.17, 15) is 9.59 Å². The summed E-state index contributed by atoms with van der Waals surface area (Å²) >= 11 is 0. The van der Waals surface area contributed by atoms with Crippen LogP contribution in [-0.2, 0) is 4.79 Å². The van der Waals surface area contributed by atoms with Crippen LogP contribution in [0.4, 0.5) is 4.79 Å². The first-order valence-electron chi connectivity index (χ1n) is 7.23. The Balaban J connectivity index is 2.12. The number of unbranched alkanes of at least 4 members (excludes halogenated alkanes) is 2. The van der Waals surface area contributed by atoms with E-state index in [2.05, 4.69) is 19.2 Å². The normalized spacial score (nSPS) is 23.2. The number of urea groups is 1. The van der Waals surface area contributed by atoms with E-state index >= 15 is 0 Å². The highest BCUT2D eigenvalue weighted by Gasteiger charge is 2.24. The molecule has 2 atom stereocenters. The third kappa shape index (κ3) is 6.45. The Morgan fingerprint density at radius 3 is 2.37 bits per heavy atom. The number of carbonyl (C=O) groups is 2. The molecule has 19 heavy (non-hydrogen) atoms. The molecule has 1 rings (SSSR count). The van der Waals surface area contributed by atoms with Gasteiger partial charge in [0.1, 0.15) is 0 Å². The topological polar surface area (TPSA) is 69.6 Å². The van der Waals surface area contributed by atoms with Crippen LogP contribution in [0.1, 0.15) is 46.0 Å². The van der Waals surface area contributed by atoms with Crippen molar-refractivity contribution in [3.63, 3.8) is 0 Å². The van der Waals surface area contributed by atoms with Crippen molar-refractivity contribution >= 4 is 12.0 Å². The van der Waals surface area contributed by atoms with Gasteiger partial charge in [-0.15, -0.1) is 0 Å². The number of piperidine rings is 1. The summed E-state index contributed by atoms with van der Waals surface area (Å²) in [6.45, 7) is 6.69. The van der Waals surface area contributed by atoms with Crippen molar-refractivity contribution in [3.05, 3.63) is 0 Å². The molecular formula is C14H26N2O3. The summed E-state index contributed by atoms with van der Waals surface area (Å²) in [5, 5.41) is 11.4. The number of hydrogen-bond donors (Lipinski definition) is 2. The SMILES string of the molecule is C[C@H]1C[C@H](C)CN(C(=O)NCCCCCC(=O)O)C1. The third-order valence-corrected chi connectivity index (χ3v) is 3.50. The van der Waals surface area contributed by atoms with E-state index in [4.69, 9.17) is 5.11 Å².